The molecule has 1 aliphatic rings. The van der Waals surface area contributed by atoms with Gasteiger partial charge < -0.3 is 4.74 Å². The third-order valence-electron chi connectivity index (χ3n) is 4.54. The Labute approximate surface area is 144 Å². The lowest BCUT2D eigenvalue weighted by atomic mass is 10.0. The van der Waals surface area contributed by atoms with Crippen LogP contribution in [0, 0.1) is 5.92 Å². The molecule has 1 saturated heterocycles. The van der Waals surface area contributed by atoms with Crippen LogP contribution in [0.25, 0.3) is 10.8 Å². The van der Waals surface area contributed by atoms with Crippen LogP contribution in [0.3, 0.4) is 0 Å². The maximum Gasteiger partial charge on any atom is 0.243 e. The molecule has 1 unspecified atom stereocenters. The number of benzene rings is 2. The first-order valence-electron chi connectivity index (χ1n) is 8.68. The highest BCUT2D eigenvalue weighted by molar-refractivity contribution is 7.89. The molecule has 1 heterocycles. The smallest absolute Gasteiger partial charge is 0.243 e. The van der Waals surface area contributed by atoms with E-state index in [9.17, 15) is 8.42 Å². The summed E-state index contributed by atoms with van der Waals surface area (Å²) in [5.74, 6) is 1.16. The predicted octanol–water partition coefficient (Wildman–Crippen LogP) is 4.05. The Balaban J connectivity index is 2.06. The minimum absolute atomic E-state index is 0.385. The van der Waals surface area contributed by atoms with Gasteiger partial charge >= 0.3 is 0 Å². The third kappa shape index (κ3) is 3.28. The summed E-state index contributed by atoms with van der Waals surface area (Å²) < 4.78 is 33.7. The van der Waals surface area contributed by atoms with Crippen LogP contribution in [0.2, 0.25) is 0 Å². The van der Waals surface area contributed by atoms with E-state index in [4.69, 9.17) is 4.74 Å². The van der Waals surface area contributed by atoms with E-state index in [0.29, 0.717) is 30.5 Å². The molecular weight excluding hydrogens is 322 g/mol. The van der Waals surface area contributed by atoms with Gasteiger partial charge in [-0.2, -0.15) is 4.31 Å². The second kappa shape index (κ2) is 7.11. The van der Waals surface area contributed by atoms with Crippen molar-refractivity contribution in [2.24, 2.45) is 5.92 Å². The van der Waals surface area contributed by atoms with E-state index >= 15 is 0 Å². The highest BCUT2D eigenvalue weighted by Gasteiger charge is 2.30. The van der Waals surface area contributed by atoms with E-state index in [0.717, 1.165) is 35.8 Å². The van der Waals surface area contributed by atoms with Crippen LogP contribution >= 0.6 is 0 Å². The number of sulfonamides is 1. The Hall–Kier alpha value is -1.59. The average molecular weight is 347 g/mol. The Morgan fingerprint density at radius 2 is 1.92 bits per heavy atom. The van der Waals surface area contributed by atoms with Gasteiger partial charge in [-0.1, -0.05) is 38.1 Å². The summed E-state index contributed by atoms with van der Waals surface area (Å²) in [6.07, 6.45) is 2.94. The molecule has 24 heavy (non-hydrogen) atoms. The maximum atomic E-state index is 13.2. The van der Waals surface area contributed by atoms with Gasteiger partial charge in [-0.05, 0) is 37.3 Å². The first-order chi connectivity index (χ1) is 11.5. The fourth-order valence-electron chi connectivity index (χ4n) is 3.31. The molecule has 2 aromatic carbocycles. The second-order valence-corrected chi connectivity index (χ2v) is 8.47. The van der Waals surface area contributed by atoms with Crippen LogP contribution in [0.1, 0.15) is 33.1 Å². The van der Waals surface area contributed by atoms with Crippen LogP contribution in [0.15, 0.2) is 41.3 Å². The van der Waals surface area contributed by atoms with Crippen LogP contribution in [-0.4, -0.2) is 32.4 Å². The van der Waals surface area contributed by atoms with Crippen molar-refractivity contribution in [2.75, 3.05) is 19.7 Å². The van der Waals surface area contributed by atoms with Crippen molar-refractivity contribution in [2.45, 2.75) is 38.0 Å². The van der Waals surface area contributed by atoms with E-state index in [1.807, 2.05) is 24.3 Å². The van der Waals surface area contributed by atoms with E-state index < -0.39 is 10.0 Å². The number of hydrogen-bond acceptors (Lipinski definition) is 3. The number of ether oxygens (including phenoxy) is 1. The summed E-state index contributed by atoms with van der Waals surface area (Å²) in [6.45, 7) is 6.00. The molecule has 0 saturated carbocycles. The normalized spacial score (nSPS) is 19.5. The average Bonchev–Trinajstić information content (AvgIpc) is 2.59. The molecule has 0 amide bonds. The SMILES string of the molecule is CCCOc1ccc(S(=O)(=O)N2CCCC(C)C2)c2ccccc12. The molecule has 3 rings (SSSR count). The van der Waals surface area contributed by atoms with Crippen molar-refractivity contribution in [3.05, 3.63) is 36.4 Å². The Morgan fingerprint density at radius 3 is 2.62 bits per heavy atom. The van der Waals surface area contributed by atoms with Gasteiger partial charge in [-0.25, -0.2) is 8.42 Å². The molecule has 0 N–H and O–H groups in total. The lowest BCUT2D eigenvalue weighted by Gasteiger charge is -2.30. The topological polar surface area (TPSA) is 46.6 Å². The van der Waals surface area contributed by atoms with Gasteiger partial charge in [0, 0.05) is 23.9 Å². The predicted molar refractivity (Wildman–Crippen MR) is 96.9 cm³/mol. The summed E-state index contributed by atoms with van der Waals surface area (Å²) in [7, 11) is -3.48. The van der Waals surface area contributed by atoms with Gasteiger partial charge in [0.15, 0.2) is 0 Å². The van der Waals surface area contributed by atoms with Gasteiger partial charge in [0.05, 0.1) is 11.5 Å². The summed E-state index contributed by atoms with van der Waals surface area (Å²) in [4.78, 5) is 0.385. The quantitative estimate of drug-likeness (QED) is 0.820. The van der Waals surface area contributed by atoms with Crippen molar-refractivity contribution >= 4 is 20.8 Å². The Kier molecular flexibility index (Phi) is 5.11. The summed E-state index contributed by atoms with van der Waals surface area (Å²) >= 11 is 0. The van der Waals surface area contributed by atoms with Crippen molar-refractivity contribution in [1.29, 1.82) is 0 Å². The molecule has 5 heteroatoms. The highest BCUT2D eigenvalue weighted by Crippen LogP contribution is 2.33. The van der Waals surface area contributed by atoms with Gasteiger partial charge in [0.1, 0.15) is 5.75 Å². The number of piperidine rings is 1. The first-order valence-corrected chi connectivity index (χ1v) is 10.1. The minimum Gasteiger partial charge on any atom is -0.493 e. The fraction of sp³-hybridized carbons (Fsp3) is 0.474. The zero-order chi connectivity index (χ0) is 17.2. The van der Waals surface area contributed by atoms with E-state index in [2.05, 4.69) is 13.8 Å². The maximum absolute atomic E-state index is 13.2. The molecule has 1 atom stereocenters. The van der Waals surface area contributed by atoms with E-state index in [1.165, 1.54) is 0 Å². The summed E-state index contributed by atoms with van der Waals surface area (Å²) in [5.41, 5.74) is 0. The number of rotatable bonds is 5. The monoisotopic (exact) mass is 347 g/mol. The number of hydrogen-bond donors (Lipinski definition) is 0. The summed E-state index contributed by atoms with van der Waals surface area (Å²) in [6, 6.07) is 11.1. The van der Waals surface area contributed by atoms with Crippen molar-refractivity contribution in [3.63, 3.8) is 0 Å². The molecule has 1 fully saturated rings. The Bertz CT molecular complexity index is 816. The Morgan fingerprint density at radius 1 is 1.17 bits per heavy atom. The lowest BCUT2D eigenvalue weighted by molar-refractivity contribution is 0.281. The summed E-state index contributed by atoms with van der Waals surface area (Å²) in [5, 5.41) is 1.60. The zero-order valence-electron chi connectivity index (χ0n) is 14.4. The lowest BCUT2D eigenvalue weighted by Crippen LogP contribution is -2.39. The molecule has 0 bridgehead atoms. The zero-order valence-corrected chi connectivity index (χ0v) is 15.2. The van der Waals surface area contributed by atoms with Crippen LogP contribution in [-0.2, 0) is 10.0 Å². The molecule has 4 nitrogen and oxygen atoms in total. The third-order valence-corrected chi connectivity index (χ3v) is 6.47. The molecule has 130 valence electrons. The second-order valence-electron chi connectivity index (χ2n) is 6.57. The van der Waals surface area contributed by atoms with E-state index in [1.54, 1.807) is 16.4 Å². The molecule has 1 aliphatic heterocycles. The minimum atomic E-state index is -3.48. The standard InChI is InChI=1S/C19H25NO3S/c1-3-13-23-18-10-11-19(17-9-5-4-8-16(17)18)24(21,22)20-12-6-7-15(2)14-20/h4-5,8-11,15H,3,6-7,12-14H2,1-2H3. The van der Waals surface area contributed by atoms with Crippen molar-refractivity contribution < 1.29 is 13.2 Å². The van der Waals surface area contributed by atoms with Gasteiger partial charge in [-0.3, -0.25) is 0 Å². The molecule has 0 aromatic heterocycles. The molecule has 0 radical (unpaired) electrons. The first kappa shape index (κ1) is 17.2. The number of fused-ring (bicyclic) bond motifs is 1. The number of nitrogens with zero attached hydrogens (tertiary/aromatic N) is 1. The molecule has 2 aromatic rings. The van der Waals surface area contributed by atoms with Crippen LogP contribution < -0.4 is 4.74 Å². The van der Waals surface area contributed by atoms with Crippen molar-refractivity contribution in [3.8, 4) is 5.75 Å². The molecule has 0 aliphatic carbocycles. The van der Waals surface area contributed by atoms with Gasteiger partial charge in [0.25, 0.3) is 0 Å². The van der Waals surface area contributed by atoms with Crippen molar-refractivity contribution in [1.82, 2.24) is 4.31 Å². The molecular formula is C19H25NO3S. The van der Waals surface area contributed by atoms with Crippen LogP contribution in [0.4, 0.5) is 0 Å². The fourth-order valence-corrected chi connectivity index (χ4v) is 5.10. The van der Waals surface area contributed by atoms with Gasteiger partial charge in [0.2, 0.25) is 10.0 Å². The largest absolute Gasteiger partial charge is 0.493 e. The highest BCUT2D eigenvalue weighted by atomic mass is 32.2. The van der Waals surface area contributed by atoms with Gasteiger partial charge in [-0.15, -0.1) is 0 Å². The van der Waals surface area contributed by atoms with E-state index in [-0.39, 0.29) is 0 Å². The molecule has 0 spiro atoms. The van der Waals surface area contributed by atoms with Crippen LogP contribution in [0.5, 0.6) is 5.75 Å².